The lowest BCUT2D eigenvalue weighted by molar-refractivity contribution is 0.593. The maximum Gasteiger partial charge on any atom is 0.224 e. The molecule has 0 saturated heterocycles. The number of aromatic nitrogens is 4. The molecule has 0 bridgehead atoms. The Morgan fingerprint density at radius 3 is 2.87 bits per heavy atom. The van der Waals surface area contributed by atoms with Crippen molar-refractivity contribution in [3.05, 3.63) is 29.4 Å². The van der Waals surface area contributed by atoms with Crippen molar-refractivity contribution in [2.75, 3.05) is 12.4 Å². The van der Waals surface area contributed by atoms with Gasteiger partial charge in [0.05, 0.1) is 23.6 Å². The fraction of sp³-hybridized carbons (Fsp3) is 0.125. The van der Waals surface area contributed by atoms with Crippen LogP contribution >= 0.6 is 11.6 Å². The molecule has 5 nitrogen and oxygen atoms in total. The Morgan fingerprint density at radius 2 is 2.27 bits per heavy atom. The molecule has 2 aromatic rings. The van der Waals surface area contributed by atoms with E-state index in [2.05, 4.69) is 20.4 Å². The Morgan fingerprint density at radius 1 is 1.47 bits per heavy atom. The summed E-state index contributed by atoms with van der Waals surface area (Å²) >= 11 is 5.67. The number of hydrogen-bond donors (Lipinski definition) is 1. The van der Waals surface area contributed by atoms with Crippen molar-refractivity contribution < 1.29 is 4.39 Å². The SMILES string of the molecule is CNc1ncc(F)c(-n2cc(Cl)cn2)n1. The van der Waals surface area contributed by atoms with Crippen LogP contribution in [0.4, 0.5) is 10.3 Å². The van der Waals surface area contributed by atoms with Crippen LogP contribution in [0, 0.1) is 5.82 Å². The summed E-state index contributed by atoms with van der Waals surface area (Å²) < 4.78 is 14.6. The van der Waals surface area contributed by atoms with Gasteiger partial charge in [-0.05, 0) is 0 Å². The van der Waals surface area contributed by atoms with E-state index in [0.29, 0.717) is 11.0 Å². The molecule has 2 rings (SSSR count). The minimum Gasteiger partial charge on any atom is -0.357 e. The molecule has 2 aromatic heterocycles. The smallest absolute Gasteiger partial charge is 0.224 e. The van der Waals surface area contributed by atoms with Crippen LogP contribution in [-0.4, -0.2) is 26.8 Å². The Kier molecular flexibility index (Phi) is 2.51. The van der Waals surface area contributed by atoms with Crippen molar-refractivity contribution in [1.29, 1.82) is 0 Å². The molecule has 78 valence electrons. The molecular formula is C8H7ClFN5. The van der Waals surface area contributed by atoms with Gasteiger partial charge in [-0.1, -0.05) is 11.6 Å². The molecule has 1 N–H and O–H groups in total. The third kappa shape index (κ3) is 1.89. The number of anilines is 1. The van der Waals surface area contributed by atoms with Gasteiger partial charge in [0.15, 0.2) is 11.6 Å². The highest BCUT2D eigenvalue weighted by Gasteiger charge is 2.09. The van der Waals surface area contributed by atoms with Gasteiger partial charge in [0.2, 0.25) is 5.95 Å². The molecule has 7 heteroatoms. The average Bonchev–Trinajstić information content (AvgIpc) is 2.65. The quantitative estimate of drug-likeness (QED) is 0.845. The zero-order chi connectivity index (χ0) is 10.8. The van der Waals surface area contributed by atoms with Crippen LogP contribution in [0.2, 0.25) is 5.02 Å². The third-order valence-corrected chi connectivity index (χ3v) is 1.91. The molecule has 0 aliphatic carbocycles. The molecule has 0 radical (unpaired) electrons. The first-order valence-electron chi connectivity index (χ1n) is 4.11. The molecule has 2 heterocycles. The molecule has 0 aliphatic heterocycles. The zero-order valence-electron chi connectivity index (χ0n) is 7.78. The Labute approximate surface area is 89.9 Å². The second-order valence-electron chi connectivity index (χ2n) is 2.72. The van der Waals surface area contributed by atoms with E-state index >= 15 is 0 Å². The second-order valence-corrected chi connectivity index (χ2v) is 3.15. The first kappa shape index (κ1) is 9.85. The highest BCUT2D eigenvalue weighted by Crippen LogP contribution is 2.13. The summed E-state index contributed by atoms with van der Waals surface area (Å²) in [6, 6.07) is 0. The first-order valence-corrected chi connectivity index (χ1v) is 4.49. The van der Waals surface area contributed by atoms with Crippen molar-refractivity contribution in [3.8, 4) is 5.82 Å². The lowest BCUT2D eigenvalue weighted by atomic mass is 10.5. The van der Waals surface area contributed by atoms with Crippen LogP contribution < -0.4 is 5.32 Å². The number of rotatable bonds is 2. The van der Waals surface area contributed by atoms with Gasteiger partial charge in [-0.2, -0.15) is 10.1 Å². The van der Waals surface area contributed by atoms with Crippen LogP contribution in [-0.2, 0) is 0 Å². The summed E-state index contributed by atoms with van der Waals surface area (Å²) in [6.07, 6.45) is 3.94. The van der Waals surface area contributed by atoms with Crippen LogP contribution in [0.25, 0.3) is 5.82 Å². The molecule has 0 unspecified atom stereocenters. The maximum absolute atomic E-state index is 13.3. The van der Waals surface area contributed by atoms with Gasteiger partial charge >= 0.3 is 0 Å². The van der Waals surface area contributed by atoms with E-state index in [9.17, 15) is 4.39 Å². The van der Waals surface area contributed by atoms with Gasteiger partial charge in [0.25, 0.3) is 0 Å². The standard InChI is InChI=1S/C8H7ClFN5/c1-11-8-12-3-6(10)7(14-8)15-4-5(9)2-13-15/h2-4H,1H3,(H,11,12,14). The highest BCUT2D eigenvalue weighted by molar-refractivity contribution is 6.30. The summed E-state index contributed by atoms with van der Waals surface area (Å²) in [4.78, 5) is 7.64. The molecule has 0 spiro atoms. The topological polar surface area (TPSA) is 55.6 Å². The third-order valence-electron chi connectivity index (χ3n) is 1.72. The van der Waals surface area contributed by atoms with E-state index in [0.717, 1.165) is 6.20 Å². The normalized spacial score (nSPS) is 10.3. The molecule has 0 saturated carbocycles. The Bertz CT molecular complexity index is 484. The molecular weight excluding hydrogens is 221 g/mol. The van der Waals surface area contributed by atoms with Crippen LogP contribution in [0.3, 0.4) is 0 Å². The minimum atomic E-state index is -0.561. The summed E-state index contributed by atoms with van der Waals surface area (Å²) in [5.74, 6) is -0.187. The molecule has 0 fully saturated rings. The van der Waals surface area contributed by atoms with Gasteiger partial charge < -0.3 is 5.32 Å². The van der Waals surface area contributed by atoms with Gasteiger partial charge in [-0.3, -0.25) is 0 Å². The van der Waals surface area contributed by atoms with E-state index in [1.807, 2.05) is 0 Å². The number of nitrogens with one attached hydrogen (secondary N) is 1. The largest absolute Gasteiger partial charge is 0.357 e. The van der Waals surface area contributed by atoms with Gasteiger partial charge in [-0.15, -0.1) is 0 Å². The Balaban J connectivity index is 2.51. The summed E-state index contributed by atoms with van der Waals surface area (Å²) in [5, 5.41) is 6.97. The molecule has 0 aliphatic rings. The van der Waals surface area contributed by atoms with Crippen molar-refractivity contribution in [2.45, 2.75) is 0 Å². The average molecular weight is 228 g/mol. The van der Waals surface area contributed by atoms with Gasteiger partial charge in [-0.25, -0.2) is 14.1 Å². The van der Waals surface area contributed by atoms with Crippen molar-refractivity contribution in [1.82, 2.24) is 19.7 Å². The summed E-state index contributed by atoms with van der Waals surface area (Å²) in [7, 11) is 1.65. The second kappa shape index (κ2) is 3.82. The Hall–Kier alpha value is -1.69. The minimum absolute atomic E-state index is 0.0567. The van der Waals surface area contributed by atoms with E-state index in [4.69, 9.17) is 11.6 Å². The molecule has 15 heavy (non-hydrogen) atoms. The molecule has 0 amide bonds. The van der Waals surface area contributed by atoms with E-state index < -0.39 is 5.82 Å². The summed E-state index contributed by atoms with van der Waals surface area (Å²) in [6.45, 7) is 0. The number of hydrogen-bond acceptors (Lipinski definition) is 4. The molecule has 0 aromatic carbocycles. The van der Waals surface area contributed by atoms with Crippen LogP contribution in [0.15, 0.2) is 18.6 Å². The molecule has 0 atom stereocenters. The number of halogens is 2. The van der Waals surface area contributed by atoms with Crippen LogP contribution in [0.5, 0.6) is 0 Å². The van der Waals surface area contributed by atoms with Gasteiger partial charge in [0.1, 0.15) is 0 Å². The van der Waals surface area contributed by atoms with Crippen molar-refractivity contribution in [2.24, 2.45) is 0 Å². The van der Waals surface area contributed by atoms with E-state index in [-0.39, 0.29) is 5.82 Å². The van der Waals surface area contributed by atoms with Gasteiger partial charge in [0, 0.05) is 7.05 Å². The van der Waals surface area contributed by atoms with Crippen molar-refractivity contribution in [3.63, 3.8) is 0 Å². The van der Waals surface area contributed by atoms with Crippen LogP contribution in [0.1, 0.15) is 0 Å². The van der Waals surface area contributed by atoms with E-state index in [1.165, 1.54) is 17.1 Å². The predicted molar refractivity (Wildman–Crippen MR) is 53.7 cm³/mol. The van der Waals surface area contributed by atoms with Crippen molar-refractivity contribution >= 4 is 17.5 Å². The lowest BCUT2D eigenvalue weighted by Crippen LogP contribution is -2.06. The number of nitrogens with zero attached hydrogens (tertiary/aromatic N) is 4. The highest BCUT2D eigenvalue weighted by atomic mass is 35.5. The zero-order valence-corrected chi connectivity index (χ0v) is 8.53. The lowest BCUT2D eigenvalue weighted by Gasteiger charge is -2.03. The fourth-order valence-corrected chi connectivity index (χ4v) is 1.19. The first-order chi connectivity index (χ1) is 7.20. The predicted octanol–water partition coefficient (Wildman–Crippen LogP) is 1.50. The maximum atomic E-state index is 13.3. The van der Waals surface area contributed by atoms with E-state index in [1.54, 1.807) is 7.05 Å². The fourth-order valence-electron chi connectivity index (χ4n) is 1.06. The summed E-state index contributed by atoms with van der Waals surface area (Å²) in [5.41, 5.74) is 0. The monoisotopic (exact) mass is 227 g/mol.